The van der Waals surface area contributed by atoms with Crippen LogP contribution in [0.25, 0.3) is 10.1 Å². The summed E-state index contributed by atoms with van der Waals surface area (Å²) in [6, 6.07) is 8.18. The van der Waals surface area contributed by atoms with Crippen LogP contribution >= 0.6 is 11.3 Å². The molecule has 0 aliphatic carbocycles. The molecule has 0 amide bonds. The summed E-state index contributed by atoms with van der Waals surface area (Å²) in [5.41, 5.74) is 0.992. The first kappa shape index (κ1) is 14.1. The summed E-state index contributed by atoms with van der Waals surface area (Å²) in [5, 5.41) is 1.15. The van der Waals surface area contributed by atoms with Gasteiger partial charge in [-0.2, -0.15) is 0 Å². The summed E-state index contributed by atoms with van der Waals surface area (Å²) in [4.78, 5) is 11.3. The van der Waals surface area contributed by atoms with Crippen LogP contribution in [0.4, 0.5) is 0 Å². The van der Waals surface area contributed by atoms with E-state index in [0.717, 1.165) is 22.1 Å². The quantitative estimate of drug-likeness (QED) is 0.356. The first-order valence-corrected chi connectivity index (χ1v) is 7.22. The van der Waals surface area contributed by atoms with Gasteiger partial charge in [0.2, 0.25) is 0 Å². The zero-order valence-electron chi connectivity index (χ0n) is 11.1. The van der Waals surface area contributed by atoms with Gasteiger partial charge in [-0.3, -0.25) is 0 Å². The highest BCUT2D eigenvalue weighted by Gasteiger charge is 2.07. The van der Waals surface area contributed by atoms with Gasteiger partial charge in [-0.1, -0.05) is 48.0 Å². The third-order valence-electron chi connectivity index (χ3n) is 2.64. The number of unbranched alkanes of at least 4 members (excludes halogenated alkanes) is 1. The van der Waals surface area contributed by atoms with Crippen LogP contribution in [0, 0.1) is 23.7 Å². The van der Waals surface area contributed by atoms with Crippen molar-refractivity contribution in [1.82, 2.24) is 0 Å². The van der Waals surface area contributed by atoms with E-state index < -0.39 is 0 Å². The Balaban J connectivity index is 2.43. The zero-order valence-corrected chi connectivity index (χ0v) is 11.9. The number of fused-ring (bicyclic) bond motifs is 1. The highest BCUT2D eigenvalue weighted by Crippen LogP contribution is 2.30. The van der Waals surface area contributed by atoms with E-state index >= 15 is 0 Å². The van der Waals surface area contributed by atoms with Crippen LogP contribution in [0.3, 0.4) is 0 Å². The molecule has 98 valence electrons. The van der Waals surface area contributed by atoms with Crippen LogP contribution < -0.4 is 0 Å². The number of carbonyl (C=O) groups is 1. The third-order valence-corrected chi connectivity index (χ3v) is 3.73. The summed E-state index contributed by atoms with van der Waals surface area (Å²) < 4.78 is 1.19. The lowest BCUT2D eigenvalue weighted by Gasteiger charge is -1.89. The SMILES string of the molecule is C=CCC#Cc1c(C#CCCC=O)sc2ccccc12. The highest BCUT2D eigenvalue weighted by molar-refractivity contribution is 7.19. The first-order chi connectivity index (χ1) is 9.86. The topological polar surface area (TPSA) is 17.1 Å². The van der Waals surface area contributed by atoms with E-state index in [9.17, 15) is 4.79 Å². The first-order valence-electron chi connectivity index (χ1n) is 6.40. The Hall–Kier alpha value is -2.29. The predicted molar refractivity (Wildman–Crippen MR) is 85.7 cm³/mol. The van der Waals surface area contributed by atoms with E-state index in [-0.39, 0.29) is 0 Å². The van der Waals surface area contributed by atoms with Crippen LogP contribution in [0.15, 0.2) is 36.9 Å². The van der Waals surface area contributed by atoms with Crippen LogP contribution in [0.5, 0.6) is 0 Å². The Labute approximate surface area is 123 Å². The van der Waals surface area contributed by atoms with Gasteiger partial charge in [0.15, 0.2) is 0 Å². The van der Waals surface area contributed by atoms with Crippen molar-refractivity contribution in [3.63, 3.8) is 0 Å². The minimum absolute atomic E-state index is 0.482. The molecule has 0 radical (unpaired) electrons. The van der Waals surface area contributed by atoms with Crippen molar-refractivity contribution < 1.29 is 4.79 Å². The number of allylic oxidation sites excluding steroid dienone is 1. The zero-order chi connectivity index (χ0) is 14.2. The van der Waals surface area contributed by atoms with Gasteiger partial charge in [-0.25, -0.2) is 0 Å². The Morgan fingerprint density at radius 1 is 1.20 bits per heavy atom. The Morgan fingerprint density at radius 2 is 2.05 bits per heavy atom. The van der Waals surface area contributed by atoms with E-state index in [1.807, 2.05) is 12.1 Å². The van der Waals surface area contributed by atoms with Gasteiger partial charge < -0.3 is 4.79 Å². The fourth-order valence-corrected chi connectivity index (χ4v) is 2.78. The van der Waals surface area contributed by atoms with Crippen LogP contribution in [-0.2, 0) is 4.79 Å². The molecule has 0 saturated heterocycles. The molecule has 20 heavy (non-hydrogen) atoms. The van der Waals surface area contributed by atoms with Crippen molar-refractivity contribution in [3.05, 3.63) is 47.4 Å². The van der Waals surface area contributed by atoms with Gasteiger partial charge in [0.25, 0.3) is 0 Å². The van der Waals surface area contributed by atoms with Crippen molar-refractivity contribution >= 4 is 27.7 Å². The Morgan fingerprint density at radius 3 is 2.85 bits per heavy atom. The molecule has 2 aromatic rings. The average Bonchev–Trinajstić information content (AvgIpc) is 2.82. The van der Waals surface area contributed by atoms with Crippen LogP contribution in [0.1, 0.15) is 29.7 Å². The number of rotatable bonds is 3. The lowest BCUT2D eigenvalue weighted by molar-refractivity contribution is -0.107. The summed E-state index contributed by atoms with van der Waals surface area (Å²) in [6.07, 6.45) is 4.43. The molecule has 0 N–H and O–H groups in total. The minimum atomic E-state index is 0.482. The molecular weight excluding hydrogens is 264 g/mol. The fraction of sp³-hybridized carbons (Fsp3) is 0.167. The smallest absolute Gasteiger partial charge is 0.120 e. The second-order valence-electron chi connectivity index (χ2n) is 4.10. The number of benzene rings is 1. The number of aldehydes is 1. The highest BCUT2D eigenvalue weighted by atomic mass is 32.1. The molecule has 1 aromatic carbocycles. The fourth-order valence-electron chi connectivity index (χ4n) is 1.74. The third kappa shape index (κ3) is 3.38. The summed E-state index contributed by atoms with van der Waals surface area (Å²) >= 11 is 1.65. The lowest BCUT2D eigenvalue weighted by Crippen LogP contribution is -1.77. The maximum atomic E-state index is 10.3. The normalized spacial score (nSPS) is 9.20. The van der Waals surface area contributed by atoms with Gasteiger partial charge in [0, 0.05) is 29.3 Å². The predicted octanol–water partition coefficient (Wildman–Crippen LogP) is 4.16. The molecule has 1 nitrogen and oxygen atoms in total. The molecule has 1 heterocycles. The van der Waals surface area contributed by atoms with E-state index in [1.54, 1.807) is 17.4 Å². The molecule has 1 aromatic heterocycles. The van der Waals surface area contributed by atoms with Crippen molar-refractivity contribution in [2.24, 2.45) is 0 Å². The molecule has 0 atom stereocenters. The molecule has 0 bridgehead atoms. The second kappa shape index (κ2) is 7.34. The molecule has 2 heteroatoms. The molecular formula is C18H14OS. The molecule has 0 spiro atoms. The molecule has 0 saturated carbocycles. The number of thiophene rings is 1. The van der Waals surface area contributed by atoms with Gasteiger partial charge in [0.05, 0.1) is 10.4 Å². The second-order valence-corrected chi connectivity index (χ2v) is 5.16. The average molecular weight is 278 g/mol. The van der Waals surface area contributed by atoms with Gasteiger partial charge >= 0.3 is 0 Å². The minimum Gasteiger partial charge on any atom is -0.303 e. The number of carbonyl (C=O) groups excluding carboxylic acids is 1. The number of hydrogen-bond donors (Lipinski definition) is 0. The van der Waals surface area contributed by atoms with E-state index in [4.69, 9.17) is 0 Å². The van der Waals surface area contributed by atoms with Crippen LogP contribution in [-0.4, -0.2) is 6.29 Å². The van der Waals surface area contributed by atoms with Gasteiger partial charge in [-0.15, -0.1) is 17.9 Å². The van der Waals surface area contributed by atoms with Gasteiger partial charge in [0.1, 0.15) is 6.29 Å². The van der Waals surface area contributed by atoms with Gasteiger partial charge in [-0.05, 0) is 6.07 Å². The van der Waals surface area contributed by atoms with Crippen molar-refractivity contribution in [1.29, 1.82) is 0 Å². The molecule has 0 aliphatic rings. The molecule has 0 unspecified atom stereocenters. The molecule has 0 aliphatic heterocycles. The Bertz CT molecular complexity index is 744. The summed E-state index contributed by atoms with van der Waals surface area (Å²) in [7, 11) is 0. The van der Waals surface area contributed by atoms with E-state index in [1.165, 1.54) is 4.70 Å². The van der Waals surface area contributed by atoms with Crippen molar-refractivity contribution in [3.8, 4) is 23.7 Å². The summed E-state index contributed by atoms with van der Waals surface area (Å²) in [6.45, 7) is 3.67. The molecule has 2 rings (SSSR count). The number of hydrogen-bond acceptors (Lipinski definition) is 2. The van der Waals surface area contributed by atoms with Crippen molar-refractivity contribution in [2.75, 3.05) is 0 Å². The summed E-state index contributed by atoms with van der Waals surface area (Å²) in [5.74, 6) is 12.5. The van der Waals surface area contributed by atoms with Crippen LogP contribution in [0.2, 0.25) is 0 Å². The maximum absolute atomic E-state index is 10.3. The Kier molecular flexibility index (Phi) is 5.18. The lowest BCUT2D eigenvalue weighted by atomic mass is 10.1. The molecule has 0 fully saturated rings. The monoisotopic (exact) mass is 278 g/mol. The van der Waals surface area contributed by atoms with E-state index in [2.05, 4.69) is 42.4 Å². The largest absolute Gasteiger partial charge is 0.303 e. The maximum Gasteiger partial charge on any atom is 0.120 e. The standard InChI is InChI=1S/C18H14OS/c1-2-3-5-10-15-16-11-7-8-13-18(16)20-17(15)12-6-4-9-14-19/h2,7-8,11,13-14H,1,3-4,9H2. The van der Waals surface area contributed by atoms with E-state index in [0.29, 0.717) is 19.3 Å². The van der Waals surface area contributed by atoms with Crippen molar-refractivity contribution in [2.45, 2.75) is 19.3 Å².